The number of hydrogen-bond donors (Lipinski definition) is 2. The monoisotopic (exact) mass is 184 g/mol. The number of carbonyl (C=O) groups is 1. The lowest BCUT2D eigenvalue weighted by atomic mass is 10.2. The van der Waals surface area contributed by atoms with Gasteiger partial charge in [-0.1, -0.05) is 17.7 Å². The van der Waals surface area contributed by atoms with Gasteiger partial charge in [-0.25, -0.2) is 4.79 Å². The molecule has 0 saturated carbocycles. The van der Waals surface area contributed by atoms with E-state index in [1.165, 1.54) is 0 Å². The van der Waals surface area contributed by atoms with Crippen LogP contribution in [0.4, 0.5) is 10.5 Å². The number of urea groups is 1. The molecule has 0 unspecified atom stereocenters. The van der Waals surface area contributed by atoms with E-state index in [0.717, 1.165) is 5.56 Å². The fraction of sp³-hybridized carbons (Fsp3) is 0.125. The van der Waals surface area contributed by atoms with Gasteiger partial charge in [-0.05, 0) is 24.6 Å². The van der Waals surface area contributed by atoms with Crippen molar-refractivity contribution in [1.29, 1.82) is 0 Å². The molecule has 0 radical (unpaired) electrons. The summed E-state index contributed by atoms with van der Waals surface area (Å²) in [5.41, 5.74) is 6.50. The van der Waals surface area contributed by atoms with Crippen LogP contribution in [0, 0.1) is 6.92 Å². The predicted molar refractivity (Wildman–Crippen MR) is 49.4 cm³/mol. The van der Waals surface area contributed by atoms with Crippen molar-refractivity contribution in [2.24, 2.45) is 5.73 Å². The first-order valence-electron chi connectivity index (χ1n) is 3.42. The summed E-state index contributed by atoms with van der Waals surface area (Å²) in [6, 6.07) is 4.70. The highest BCUT2D eigenvalue weighted by atomic mass is 35.5. The van der Waals surface area contributed by atoms with Crippen molar-refractivity contribution < 1.29 is 4.79 Å². The Bertz CT molecular complexity index is 312. The molecule has 4 heteroatoms. The fourth-order valence-corrected chi connectivity index (χ4v) is 1.14. The molecule has 0 bridgehead atoms. The molecule has 0 atom stereocenters. The second-order valence-corrected chi connectivity index (χ2v) is 2.88. The van der Waals surface area contributed by atoms with Gasteiger partial charge in [0.25, 0.3) is 0 Å². The third-order valence-electron chi connectivity index (χ3n) is 1.38. The molecular formula is C8H9ClN2O. The maximum absolute atomic E-state index is 10.5. The molecule has 0 aliphatic carbocycles. The second-order valence-electron chi connectivity index (χ2n) is 2.47. The molecule has 0 heterocycles. The van der Waals surface area contributed by atoms with E-state index in [1.807, 2.05) is 13.0 Å². The van der Waals surface area contributed by atoms with E-state index >= 15 is 0 Å². The zero-order valence-electron chi connectivity index (χ0n) is 6.60. The molecule has 3 nitrogen and oxygen atoms in total. The number of amides is 2. The van der Waals surface area contributed by atoms with E-state index in [1.54, 1.807) is 12.1 Å². The standard InChI is InChI=1S/C8H9ClN2O/c1-5-2-3-7(6(9)4-5)11-8(10)12/h2-4H,1H3,(H3,10,11,12). The summed E-state index contributed by atoms with van der Waals surface area (Å²) in [5, 5.41) is 2.90. The number of aryl methyl sites for hydroxylation is 1. The van der Waals surface area contributed by atoms with E-state index < -0.39 is 6.03 Å². The van der Waals surface area contributed by atoms with Crippen LogP contribution in [0.5, 0.6) is 0 Å². The number of nitrogens with one attached hydrogen (secondary N) is 1. The average molecular weight is 185 g/mol. The summed E-state index contributed by atoms with van der Waals surface area (Å²) >= 11 is 5.80. The lowest BCUT2D eigenvalue weighted by molar-refractivity contribution is 0.259. The number of nitrogens with two attached hydrogens (primary N) is 1. The first-order valence-corrected chi connectivity index (χ1v) is 3.80. The van der Waals surface area contributed by atoms with Crippen LogP contribution in [0.3, 0.4) is 0 Å². The van der Waals surface area contributed by atoms with Crippen LogP contribution in [0.1, 0.15) is 5.56 Å². The molecule has 1 aromatic rings. The van der Waals surface area contributed by atoms with Crippen molar-refractivity contribution in [2.75, 3.05) is 5.32 Å². The molecule has 0 aliphatic heterocycles. The number of rotatable bonds is 1. The van der Waals surface area contributed by atoms with Crippen LogP contribution in [0.25, 0.3) is 0 Å². The first-order chi connectivity index (χ1) is 5.59. The van der Waals surface area contributed by atoms with Crippen LogP contribution < -0.4 is 11.1 Å². The molecule has 3 N–H and O–H groups in total. The molecule has 12 heavy (non-hydrogen) atoms. The summed E-state index contributed by atoms with van der Waals surface area (Å²) < 4.78 is 0. The second kappa shape index (κ2) is 3.45. The Morgan fingerprint density at radius 3 is 2.75 bits per heavy atom. The third-order valence-corrected chi connectivity index (χ3v) is 1.70. The van der Waals surface area contributed by atoms with Gasteiger partial charge in [0.05, 0.1) is 10.7 Å². The van der Waals surface area contributed by atoms with Gasteiger partial charge < -0.3 is 11.1 Å². The van der Waals surface area contributed by atoms with Gasteiger partial charge in [-0.2, -0.15) is 0 Å². The number of hydrogen-bond acceptors (Lipinski definition) is 1. The highest BCUT2D eigenvalue weighted by molar-refractivity contribution is 6.33. The Labute approximate surface area is 75.5 Å². The van der Waals surface area contributed by atoms with Crippen molar-refractivity contribution in [3.8, 4) is 0 Å². The lowest BCUT2D eigenvalue weighted by Gasteiger charge is -2.04. The molecule has 0 saturated heterocycles. The summed E-state index contributed by atoms with van der Waals surface area (Å²) in [4.78, 5) is 10.5. The third kappa shape index (κ3) is 2.13. The molecule has 0 fully saturated rings. The van der Waals surface area contributed by atoms with Crippen LogP contribution in [0.2, 0.25) is 5.02 Å². The van der Waals surface area contributed by atoms with Crippen LogP contribution in [-0.4, -0.2) is 6.03 Å². The average Bonchev–Trinajstić information content (AvgIpc) is 1.94. The molecule has 64 valence electrons. The number of anilines is 1. The number of halogens is 1. The van der Waals surface area contributed by atoms with Crippen LogP contribution in [-0.2, 0) is 0 Å². The van der Waals surface area contributed by atoms with Gasteiger partial charge in [0.2, 0.25) is 0 Å². The summed E-state index contributed by atoms with van der Waals surface area (Å²) in [6.07, 6.45) is 0. The molecule has 2 amide bonds. The maximum atomic E-state index is 10.5. The lowest BCUT2D eigenvalue weighted by Crippen LogP contribution is -2.19. The zero-order valence-corrected chi connectivity index (χ0v) is 7.35. The van der Waals surface area contributed by atoms with E-state index in [4.69, 9.17) is 17.3 Å². The smallest absolute Gasteiger partial charge is 0.316 e. The van der Waals surface area contributed by atoms with Gasteiger partial charge in [0, 0.05) is 0 Å². The van der Waals surface area contributed by atoms with Crippen molar-refractivity contribution in [1.82, 2.24) is 0 Å². The number of primary amides is 1. The molecule has 1 rings (SSSR count). The summed E-state index contributed by atoms with van der Waals surface area (Å²) in [7, 11) is 0. The Kier molecular flexibility index (Phi) is 2.55. The normalized spacial score (nSPS) is 9.50. The van der Waals surface area contributed by atoms with Crippen molar-refractivity contribution in [2.45, 2.75) is 6.92 Å². The minimum Gasteiger partial charge on any atom is -0.351 e. The molecule has 0 spiro atoms. The molecule has 0 aromatic heterocycles. The molecule has 0 aliphatic rings. The van der Waals surface area contributed by atoms with E-state index in [-0.39, 0.29) is 0 Å². The minimum absolute atomic E-state index is 0.494. The van der Waals surface area contributed by atoms with Gasteiger partial charge >= 0.3 is 6.03 Å². The van der Waals surface area contributed by atoms with Gasteiger partial charge in [-0.3, -0.25) is 0 Å². The number of benzene rings is 1. The Hall–Kier alpha value is -1.22. The number of carbonyl (C=O) groups excluding carboxylic acids is 1. The van der Waals surface area contributed by atoms with Crippen molar-refractivity contribution in [3.63, 3.8) is 0 Å². The van der Waals surface area contributed by atoms with Gasteiger partial charge in [0.15, 0.2) is 0 Å². The van der Waals surface area contributed by atoms with Crippen LogP contribution >= 0.6 is 11.6 Å². The topological polar surface area (TPSA) is 55.1 Å². The van der Waals surface area contributed by atoms with Crippen LogP contribution in [0.15, 0.2) is 18.2 Å². The summed E-state index contributed by atoms with van der Waals surface area (Å²) in [5.74, 6) is 0. The van der Waals surface area contributed by atoms with E-state index in [9.17, 15) is 4.79 Å². The highest BCUT2D eigenvalue weighted by Crippen LogP contribution is 2.22. The Balaban J connectivity index is 2.93. The van der Waals surface area contributed by atoms with E-state index in [2.05, 4.69) is 5.32 Å². The minimum atomic E-state index is -0.610. The zero-order chi connectivity index (χ0) is 9.14. The van der Waals surface area contributed by atoms with Gasteiger partial charge in [0.1, 0.15) is 0 Å². The predicted octanol–water partition coefficient (Wildman–Crippen LogP) is 2.14. The Morgan fingerprint density at radius 2 is 2.25 bits per heavy atom. The fourth-order valence-electron chi connectivity index (χ4n) is 0.854. The first kappa shape index (κ1) is 8.87. The summed E-state index contributed by atoms with van der Waals surface area (Å²) in [6.45, 7) is 1.92. The Morgan fingerprint density at radius 1 is 1.58 bits per heavy atom. The van der Waals surface area contributed by atoms with Crippen molar-refractivity contribution in [3.05, 3.63) is 28.8 Å². The maximum Gasteiger partial charge on any atom is 0.316 e. The van der Waals surface area contributed by atoms with Gasteiger partial charge in [-0.15, -0.1) is 0 Å². The molecular weight excluding hydrogens is 176 g/mol. The SMILES string of the molecule is Cc1ccc(NC(N)=O)c(Cl)c1. The quantitative estimate of drug-likeness (QED) is 0.690. The molecule has 1 aromatic carbocycles. The van der Waals surface area contributed by atoms with E-state index in [0.29, 0.717) is 10.7 Å². The van der Waals surface area contributed by atoms with Crippen molar-refractivity contribution >= 4 is 23.3 Å². The largest absolute Gasteiger partial charge is 0.351 e. The highest BCUT2D eigenvalue weighted by Gasteiger charge is 2.00.